The Morgan fingerprint density at radius 2 is 1.31 bits per heavy atom. The molecule has 2 aromatic rings. The van der Waals surface area contributed by atoms with Crippen LogP contribution in [-0.4, -0.2) is 103 Å². The summed E-state index contributed by atoms with van der Waals surface area (Å²) in [7, 11) is 1.30. The maximum absolute atomic E-state index is 13.8. The molecule has 0 aliphatic rings. The van der Waals surface area contributed by atoms with Gasteiger partial charge in [0.05, 0.1) is 6.42 Å². The van der Waals surface area contributed by atoms with Gasteiger partial charge in [-0.2, -0.15) is 0 Å². The second-order valence-electron chi connectivity index (χ2n) is 17.0. The maximum Gasteiger partial charge on any atom is 0.407 e. The fourth-order valence-electron chi connectivity index (χ4n) is 5.93. The lowest BCUT2D eigenvalue weighted by molar-refractivity contribution is -0.144. The number of hydrogen-bond donors (Lipinski definition) is 9. The SMILES string of the molecule is CCCCc1ccc(-c2ccc(C(=O)NCCC(=O)N[C@@H](CCCCNC(=O)OC(C)(C)C)C(=O)N[C@H](C(=O)N[C@@H](N)C(=O)N[C@@H](CC(=O)NC)C(=O)O)C(C)(C)C)cc2)cc1. The second-order valence-corrected chi connectivity index (χ2v) is 17.0. The van der Waals surface area contributed by atoms with Crippen molar-refractivity contribution in [2.24, 2.45) is 11.1 Å². The van der Waals surface area contributed by atoms with E-state index < -0.39 is 83.3 Å². The van der Waals surface area contributed by atoms with Crippen molar-refractivity contribution in [2.75, 3.05) is 20.1 Å². The topological polar surface area (TPSA) is 276 Å². The third-order valence-corrected chi connectivity index (χ3v) is 9.41. The van der Waals surface area contributed by atoms with Crippen molar-refractivity contribution in [2.45, 2.75) is 130 Å². The number of aryl methyl sites for hydroxylation is 1. The molecule has 0 aliphatic carbocycles. The Bertz CT molecular complexity index is 1840. The van der Waals surface area contributed by atoms with Crippen LogP contribution in [0.2, 0.25) is 0 Å². The number of carbonyl (C=O) groups excluding carboxylic acids is 7. The normalized spacial score (nSPS) is 13.2. The molecule has 0 aromatic heterocycles. The number of unbranched alkanes of at least 4 members (excludes halogenated alkanes) is 2. The number of amides is 7. The van der Waals surface area contributed by atoms with Crippen LogP contribution in [0.1, 0.15) is 109 Å². The molecular formula is C44H66N8O10. The molecule has 4 atom stereocenters. The van der Waals surface area contributed by atoms with Crippen LogP contribution in [0.4, 0.5) is 4.79 Å². The third kappa shape index (κ3) is 19.1. The predicted molar refractivity (Wildman–Crippen MR) is 233 cm³/mol. The van der Waals surface area contributed by atoms with Crippen molar-refractivity contribution in [3.8, 4) is 11.1 Å². The minimum Gasteiger partial charge on any atom is -0.480 e. The Kier molecular flexibility index (Phi) is 21.0. The van der Waals surface area contributed by atoms with E-state index in [9.17, 15) is 43.5 Å². The minimum absolute atomic E-state index is 0.0430. The first-order valence-corrected chi connectivity index (χ1v) is 20.9. The Morgan fingerprint density at radius 1 is 0.694 bits per heavy atom. The molecular weight excluding hydrogens is 801 g/mol. The number of rotatable bonds is 23. The van der Waals surface area contributed by atoms with Gasteiger partial charge in [0.15, 0.2) is 6.17 Å². The zero-order chi connectivity index (χ0) is 46.6. The van der Waals surface area contributed by atoms with E-state index in [2.05, 4.69) is 68.4 Å². The van der Waals surface area contributed by atoms with E-state index in [0.29, 0.717) is 18.4 Å². The molecule has 0 radical (unpaired) electrons. The maximum atomic E-state index is 13.8. The number of aliphatic carboxylic acids is 1. The fraction of sp³-hybridized carbons (Fsp3) is 0.545. The van der Waals surface area contributed by atoms with E-state index in [-0.39, 0.29) is 31.8 Å². The highest BCUT2D eigenvalue weighted by atomic mass is 16.6. The molecule has 18 nitrogen and oxygen atoms in total. The zero-order valence-corrected chi connectivity index (χ0v) is 37.2. The van der Waals surface area contributed by atoms with Gasteiger partial charge in [-0.1, -0.05) is 70.5 Å². The van der Waals surface area contributed by atoms with Crippen LogP contribution in [0, 0.1) is 5.41 Å². The number of hydrogen-bond acceptors (Lipinski definition) is 10. The van der Waals surface area contributed by atoms with Crippen LogP contribution < -0.4 is 43.0 Å². The monoisotopic (exact) mass is 866 g/mol. The Labute approximate surface area is 364 Å². The van der Waals surface area contributed by atoms with Crippen LogP contribution in [0.3, 0.4) is 0 Å². The summed E-state index contributed by atoms with van der Waals surface area (Å²) in [6.45, 7) is 12.5. The molecule has 10 N–H and O–H groups in total. The smallest absolute Gasteiger partial charge is 0.407 e. The summed E-state index contributed by atoms with van der Waals surface area (Å²) in [5.41, 5.74) is 7.89. The Morgan fingerprint density at radius 3 is 1.85 bits per heavy atom. The molecule has 2 rings (SSSR count). The Hall–Kier alpha value is -6.04. The van der Waals surface area contributed by atoms with Crippen molar-refractivity contribution in [1.29, 1.82) is 0 Å². The number of ether oxygens (including phenoxy) is 1. The summed E-state index contributed by atoms with van der Waals surface area (Å²) in [6.07, 6.45) is 0.990. The minimum atomic E-state index is -1.76. The van der Waals surface area contributed by atoms with E-state index in [4.69, 9.17) is 10.5 Å². The average molecular weight is 867 g/mol. The highest BCUT2D eigenvalue weighted by Gasteiger charge is 2.36. The van der Waals surface area contributed by atoms with Crippen LogP contribution in [0.25, 0.3) is 11.1 Å². The first-order chi connectivity index (χ1) is 29.0. The van der Waals surface area contributed by atoms with Crippen molar-refractivity contribution in [3.05, 3.63) is 59.7 Å². The summed E-state index contributed by atoms with van der Waals surface area (Å²) >= 11 is 0. The molecule has 0 saturated heterocycles. The van der Waals surface area contributed by atoms with Crippen molar-refractivity contribution in [3.63, 3.8) is 0 Å². The van der Waals surface area contributed by atoms with Crippen LogP contribution in [0.15, 0.2) is 48.5 Å². The quantitative estimate of drug-likeness (QED) is 0.0579. The second kappa shape index (κ2) is 25.0. The lowest BCUT2D eigenvalue weighted by Gasteiger charge is -2.32. The highest BCUT2D eigenvalue weighted by Crippen LogP contribution is 2.22. The van der Waals surface area contributed by atoms with E-state index in [1.807, 2.05) is 12.1 Å². The molecule has 62 heavy (non-hydrogen) atoms. The van der Waals surface area contributed by atoms with Gasteiger partial charge >= 0.3 is 12.1 Å². The molecule has 0 aliphatic heterocycles. The van der Waals surface area contributed by atoms with Crippen molar-refractivity contribution in [1.82, 2.24) is 37.2 Å². The summed E-state index contributed by atoms with van der Waals surface area (Å²) < 4.78 is 5.25. The summed E-state index contributed by atoms with van der Waals surface area (Å²) in [6, 6.07) is 11.3. The van der Waals surface area contributed by atoms with Crippen molar-refractivity contribution < 1.29 is 48.2 Å². The van der Waals surface area contributed by atoms with Gasteiger partial charge in [-0.3, -0.25) is 28.8 Å². The van der Waals surface area contributed by atoms with Gasteiger partial charge in [0.25, 0.3) is 11.8 Å². The molecule has 2 aromatic carbocycles. The number of carboxylic acids is 1. The van der Waals surface area contributed by atoms with E-state index in [1.165, 1.54) is 12.6 Å². The molecule has 0 heterocycles. The zero-order valence-electron chi connectivity index (χ0n) is 37.2. The van der Waals surface area contributed by atoms with Crippen LogP contribution in [-0.2, 0) is 39.9 Å². The lowest BCUT2D eigenvalue weighted by Crippen LogP contribution is -2.63. The molecule has 0 spiro atoms. The molecule has 7 amide bonds. The molecule has 0 fully saturated rings. The number of nitrogens with two attached hydrogens (primary N) is 1. The molecule has 0 bridgehead atoms. The van der Waals surface area contributed by atoms with Gasteiger partial charge in [-0.15, -0.1) is 0 Å². The largest absolute Gasteiger partial charge is 0.480 e. The number of nitrogens with one attached hydrogen (secondary N) is 7. The van der Waals surface area contributed by atoms with Gasteiger partial charge in [0, 0.05) is 32.1 Å². The highest BCUT2D eigenvalue weighted by molar-refractivity contribution is 5.96. The Balaban J connectivity index is 2.11. The number of carbonyl (C=O) groups is 8. The van der Waals surface area contributed by atoms with Gasteiger partial charge in [0.1, 0.15) is 23.7 Å². The average Bonchev–Trinajstić information content (AvgIpc) is 3.19. The van der Waals surface area contributed by atoms with E-state index in [1.54, 1.807) is 53.7 Å². The number of benzene rings is 2. The van der Waals surface area contributed by atoms with Crippen LogP contribution in [0.5, 0.6) is 0 Å². The summed E-state index contributed by atoms with van der Waals surface area (Å²) in [5.74, 6) is -5.81. The van der Waals surface area contributed by atoms with Gasteiger partial charge in [-0.25, -0.2) is 9.59 Å². The lowest BCUT2D eigenvalue weighted by atomic mass is 9.85. The first-order valence-electron chi connectivity index (χ1n) is 20.9. The van der Waals surface area contributed by atoms with Gasteiger partial charge in [0.2, 0.25) is 23.6 Å². The molecule has 0 saturated carbocycles. The first kappa shape index (κ1) is 52.1. The van der Waals surface area contributed by atoms with Crippen LogP contribution >= 0.6 is 0 Å². The summed E-state index contributed by atoms with van der Waals surface area (Å²) in [4.78, 5) is 102. The van der Waals surface area contributed by atoms with Crippen molar-refractivity contribution >= 4 is 47.5 Å². The predicted octanol–water partition coefficient (Wildman–Crippen LogP) is 2.63. The van der Waals surface area contributed by atoms with E-state index >= 15 is 0 Å². The van der Waals surface area contributed by atoms with Gasteiger partial charge < -0.3 is 52.8 Å². The molecule has 342 valence electrons. The molecule has 18 heteroatoms. The van der Waals surface area contributed by atoms with Gasteiger partial charge in [-0.05, 0) is 87.1 Å². The van der Waals surface area contributed by atoms with E-state index in [0.717, 1.165) is 30.4 Å². The fourth-order valence-corrected chi connectivity index (χ4v) is 5.93. The number of carboxylic acid groups (broad SMARTS) is 1. The summed E-state index contributed by atoms with van der Waals surface area (Å²) in [5, 5.41) is 26.8. The standard InChI is InChI=1S/C44H66N8O10/c1-9-10-13-27-15-17-28(18-16-27)29-19-21-30(22-20-29)37(55)47-25-23-33(53)49-31(14-11-12-24-48-42(61)62-44(5,6)7)38(56)51-35(43(2,3)4)39(57)52-36(45)40(58)50-32(41(59)60)26-34(54)46-8/h15-22,31-32,35-36H,9-14,23-26,45H2,1-8H3,(H,46,54)(H,47,55)(H,48,61)(H,49,53)(H,50,58)(H,51,56)(H,52,57)(H,59,60)/t31-,32-,35+,36+/m0/s1. The molecule has 0 unspecified atom stereocenters. The third-order valence-electron chi connectivity index (χ3n) is 9.41. The number of alkyl carbamates (subject to hydrolysis) is 1.